The van der Waals surface area contributed by atoms with Crippen molar-refractivity contribution in [1.29, 1.82) is 0 Å². The van der Waals surface area contributed by atoms with Crippen LogP contribution in [0.15, 0.2) is 12.1 Å². The maximum absolute atomic E-state index is 10.8. The molecule has 0 heterocycles. The van der Waals surface area contributed by atoms with Crippen molar-refractivity contribution >= 4 is 29.2 Å². The standard InChI is InChI=1S/C10H10Cl2O4/c1-14-9(13)5-16-6-3-7(11)10(15-2)8(12)4-6/h3-4H,5H2,1-2H3. The lowest BCUT2D eigenvalue weighted by atomic mass is 10.3. The lowest BCUT2D eigenvalue weighted by molar-refractivity contribution is -0.142. The second-order valence-electron chi connectivity index (χ2n) is 2.78. The van der Waals surface area contributed by atoms with Crippen molar-refractivity contribution in [1.82, 2.24) is 0 Å². The third kappa shape index (κ3) is 3.18. The Labute approximate surface area is 103 Å². The molecule has 0 spiro atoms. The fourth-order valence-corrected chi connectivity index (χ4v) is 1.64. The minimum atomic E-state index is -0.483. The van der Waals surface area contributed by atoms with Gasteiger partial charge in [0.25, 0.3) is 0 Å². The van der Waals surface area contributed by atoms with Crippen LogP contribution in [-0.2, 0) is 9.53 Å². The van der Waals surface area contributed by atoms with Gasteiger partial charge in [0.15, 0.2) is 12.4 Å². The van der Waals surface area contributed by atoms with E-state index in [4.69, 9.17) is 32.7 Å². The molecule has 0 radical (unpaired) electrons. The topological polar surface area (TPSA) is 44.8 Å². The molecular weight excluding hydrogens is 255 g/mol. The number of methoxy groups -OCH3 is 2. The van der Waals surface area contributed by atoms with Crippen LogP contribution in [0.2, 0.25) is 10.0 Å². The number of halogens is 2. The Hall–Kier alpha value is -1.13. The van der Waals surface area contributed by atoms with Crippen molar-refractivity contribution in [3.63, 3.8) is 0 Å². The normalized spacial score (nSPS) is 9.75. The molecule has 0 saturated heterocycles. The molecule has 0 atom stereocenters. The zero-order valence-corrected chi connectivity index (χ0v) is 10.3. The molecule has 0 aliphatic heterocycles. The molecule has 16 heavy (non-hydrogen) atoms. The molecule has 0 bridgehead atoms. The SMILES string of the molecule is COC(=O)COc1cc(Cl)c(OC)c(Cl)c1. The van der Waals surface area contributed by atoms with Gasteiger partial charge in [-0.25, -0.2) is 4.79 Å². The Morgan fingerprint density at radius 3 is 2.25 bits per heavy atom. The smallest absolute Gasteiger partial charge is 0.343 e. The maximum Gasteiger partial charge on any atom is 0.343 e. The molecule has 1 aromatic rings. The molecule has 0 unspecified atom stereocenters. The first-order valence-corrected chi connectivity index (χ1v) is 5.06. The Bertz CT molecular complexity index is 369. The second-order valence-corrected chi connectivity index (χ2v) is 3.60. The fraction of sp³-hybridized carbons (Fsp3) is 0.300. The average molecular weight is 265 g/mol. The van der Waals surface area contributed by atoms with Crippen LogP contribution < -0.4 is 9.47 Å². The van der Waals surface area contributed by atoms with Crippen LogP contribution in [0.4, 0.5) is 0 Å². The van der Waals surface area contributed by atoms with E-state index in [2.05, 4.69) is 4.74 Å². The molecule has 88 valence electrons. The zero-order chi connectivity index (χ0) is 12.1. The lowest BCUT2D eigenvalue weighted by Crippen LogP contribution is -2.12. The van der Waals surface area contributed by atoms with Crippen LogP contribution >= 0.6 is 23.2 Å². The number of ether oxygens (including phenoxy) is 3. The quantitative estimate of drug-likeness (QED) is 0.785. The van der Waals surface area contributed by atoms with Gasteiger partial charge in [-0.2, -0.15) is 0 Å². The molecule has 1 rings (SSSR count). The van der Waals surface area contributed by atoms with Crippen LogP contribution in [0.3, 0.4) is 0 Å². The number of hydrogen-bond donors (Lipinski definition) is 0. The van der Waals surface area contributed by atoms with Gasteiger partial charge < -0.3 is 14.2 Å². The van der Waals surface area contributed by atoms with E-state index in [0.717, 1.165) is 0 Å². The van der Waals surface area contributed by atoms with Gasteiger partial charge in [-0.1, -0.05) is 23.2 Å². The number of esters is 1. The zero-order valence-electron chi connectivity index (χ0n) is 8.75. The van der Waals surface area contributed by atoms with E-state index in [1.807, 2.05) is 0 Å². The molecule has 0 aliphatic rings. The molecule has 0 fully saturated rings. The molecule has 1 aromatic carbocycles. The van der Waals surface area contributed by atoms with Gasteiger partial charge in [0.1, 0.15) is 5.75 Å². The van der Waals surface area contributed by atoms with E-state index in [0.29, 0.717) is 21.5 Å². The maximum atomic E-state index is 10.8. The van der Waals surface area contributed by atoms with Crippen molar-refractivity contribution in [3.05, 3.63) is 22.2 Å². The lowest BCUT2D eigenvalue weighted by Gasteiger charge is -2.09. The summed E-state index contributed by atoms with van der Waals surface area (Å²) in [4.78, 5) is 10.8. The van der Waals surface area contributed by atoms with E-state index in [1.54, 1.807) is 0 Å². The van der Waals surface area contributed by atoms with Gasteiger partial charge in [-0.3, -0.25) is 0 Å². The summed E-state index contributed by atoms with van der Waals surface area (Å²) >= 11 is 11.8. The Kier molecular flexibility index (Phi) is 4.71. The van der Waals surface area contributed by atoms with Gasteiger partial charge in [-0.15, -0.1) is 0 Å². The van der Waals surface area contributed by atoms with Gasteiger partial charge in [0, 0.05) is 12.1 Å². The van der Waals surface area contributed by atoms with Crippen LogP contribution in [0.1, 0.15) is 0 Å². The summed E-state index contributed by atoms with van der Waals surface area (Å²) in [6, 6.07) is 3.02. The fourth-order valence-electron chi connectivity index (χ4n) is 1.02. The van der Waals surface area contributed by atoms with Gasteiger partial charge in [-0.05, 0) is 0 Å². The summed E-state index contributed by atoms with van der Waals surface area (Å²) in [6.07, 6.45) is 0. The van der Waals surface area contributed by atoms with E-state index in [9.17, 15) is 4.79 Å². The summed E-state index contributed by atoms with van der Waals surface area (Å²) in [5, 5.41) is 0.629. The minimum absolute atomic E-state index is 0.199. The summed E-state index contributed by atoms with van der Waals surface area (Å²) in [6.45, 7) is -0.199. The second kappa shape index (κ2) is 5.82. The average Bonchev–Trinajstić information content (AvgIpc) is 2.25. The third-order valence-corrected chi connectivity index (χ3v) is 2.32. The largest absolute Gasteiger partial charge is 0.494 e. The Morgan fingerprint density at radius 1 is 1.25 bits per heavy atom. The van der Waals surface area contributed by atoms with E-state index in [-0.39, 0.29) is 6.61 Å². The van der Waals surface area contributed by atoms with E-state index < -0.39 is 5.97 Å². The van der Waals surface area contributed by atoms with Crippen LogP contribution in [0.25, 0.3) is 0 Å². The predicted octanol–water partition coefficient (Wildman–Crippen LogP) is 2.55. The number of carbonyl (C=O) groups is 1. The van der Waals surface area contributed by atoms with Crippen LogP contribution in [-0.4, -0.2) is 26.8 Å². The molecule has 0 N–H and O–H groups in total. The van der Waals surface area contributed by atoms with Crippen molar-refractivity contribution in [2.45, 2.75) is 0 Å². The Balaban J connectivity index is 2.79. The highest BCUT2D eigenvalue weighted by Crippen LogP contribution is 2.36. The minimum Gasteiger partial charge on any atom is -0.494 e. The number of carbonyl (C=O) groups excluding carboxylic acids is 1. The first-order valence-electron chi connectivity index (χ1n) is 4.31. The summed E-state index contributed by atoms with van der Waals surface area (Å²) in [5.41, 5.74) is 0. The van der Waals surface area contributed by atoms with Crippen molar-refractivity contribution < 1.29 is 19.0 Å². The highest BCUT2D eigenvalue weighted by molar-refractivity contribution is 6.37. The van der Waals surface area contributed by atoms with Crippen molar-refractivity contribution in [2.75, 3.05) is 20.8 Å². The molecule has 0 aromatic heterocycles. The number of hydrogen-bond acceptors (Lipinski definition) is 4. The highest BCUT2D eigenvalue weighted by atomic mass is 35.5. The number of rotatable bonds is 4. The molecule has 0 aliphatic carbocycles. The van der Waals surface area contributed by atoms with Crippen molar-refractivity contribution in [3.8, 4) is 11.5 Å². The molecule has 0 amide bonds. The van der Waals surface area contributed by atoms with Gasteiger partial charge in [0.2, 0.25) is 0 Å². The highest BCUT2D eigenvalue weighted by Gasteiger charge is 2.10. The van der Waals surface area contributed by atoms with E-state index >= 15 is 0 Å². The van der Waals surface area contributed by atoms with E-state index in [1.165, 1.54) is 26.4 Å². The molecule has 6 heteroatoms. The first-order chi connectivity index (χ1) is 7.58. The Morgan fingerprint density at radius 2 is 1.81 bits per heavy atom. The van der Waals surface area contributed by atoms with Crippen LogP contribution in [0.5, 0.6) is 11.5 Å². The monoisotopic (exact) mass is 264 g/mol. The predicted molar refractivity (Wildman–Crippen MR) is 60.5 cm³/mol. The van der Waals surface area contributed by atoms with Crippen molar-refractivity contribution in [2.24, 2.45) is 0 Å². The van der Waals surface area contributed by atoms with Gasteiger partial charge >= 0.3 is 5.97 Å². The molecule has 0 saturated carbocycles. The summed E-state index contributed by atoms with van der Waals surface area (Å²) in [7, 11) is 2.74. The summed E-state index contributed by atoms with van der Waals surface area (Å²) < 4.78 is 14.5. The first kappa shape index (κ1) is 12.9. The molecular formula is C10H10Cl2O4. The number of benzene rings is 1. The van der Waals surface area contributed by atoms with Crippen LogP contribution in [0, 0.1) is 0 Å². The van der Waals surface area contributed by atoms with Gasteiger partial charge in [0.05, 0.1) is 24.3 Å². The summed E-state index contributed by atoms with van der Waals surface area (Å²) in [5.74, 6) is 0.262. The third-order valence-electron chi connectivity index (χ3n) is 1.76. The molecule has 4 nitrogen and oxygen atoms in total.